The number of alkyl halides is 1. The number of hydrogen-bond acceptors (Lipinski definition) is 10. The number of hydrogen-bond donors (Lipinski definition) is 2. The lowest BCUT2D eigenvalue weighted by Crippen LogP contribution is -2.69. The highest BCUT2D eigenvalue weighted by atomic mass is 19.1. The molecule has 2 saturated carbocycles. The number of carbonyl (C=O) groups excluding carboxylic acids is 4. The third-order valence-electron chi connectivity index (χ3n) is 10.4. The maximum Gasteiger partial charge on any atom is 0.323 e. The van der Waals surface area contributed by atoms with Crippen LogP contribution in [0.25, 0.3) is 0 Å². The first-order chi connectivity index (χ1) is 19.6. The van der Waals surface area contributed by atoms with Gasteiger partial charge in [0, 0.05) is 23.2 Å². The van der Waals surface area contributed by atoms with Crippen LogP contribution >= 0.6 is 0 Å². The predicted molar refractivity (Wildman–Crippen MR) is 146 cm³/mol. The minimum absolute atomic E-state index is 0.0610. The Balaban J connectivity index is 1.42. The van der Waals surface area contributed by atoms with Crippen molar-refractivity contribution in [3.8, 4) is 0 Å². The zero-order valence-corrected chi connectivity index (χ0v) is 24.5. The van der Waals surface area contributed by atoms with Gasteiger partial charge in [0.1, 0.15) is 12.6 Å². The lowest BCUT2D eigenvalue weighted by atomic mass is 9.45. The van der Waals surface area contributed by atoms with E-state index in [0.717, 1.165) is 0 Å². The van der Waals surface area contributed by atoms with E-state index in [1.807, 2.05) is 13.0 Å². The van der Waals surface area contributed by atoms with Crippen molar-refractivity contribution in [1.82, 2.24) is 0 Å². The summed E-state index contributed by atoms with van der Waals surface area (Å²) in [6, 6.07) is -1.28. The Morgan fingerprint density at radius 1 is 1.24 bits per heavy atom. The molecule has 0 spiro atoms. The fraction of sp³-hybridized carbons (Fsp3) is 0.677. The number of esters is 2. The van der Waals surface area contributed by atoms with Crippen molar-refractivity contribution in [2.24, 2.45) is 28.4 Å². The topological polar surface area (TPSA) is 151 Å². The summed E-state index contributed by atoms with van der Waals surface area (Å²) in [7, 11) is 0. The highest BCUT2D eigenvalue weighted by molar-refractivity contribution is 5.94. The fourth-order valence-corrected chi connectivity index (χ4v) is 8.54. The minimum Gasteiger partial charge on any atom is -0.460 e. The van der Waals surface area contributed by atoms with Gasteiger partial charge in [-0.05, 0) is 52.0 Å². The van der Waals surface area contributed by atoms with Crippen molar-refractivity contribution in [3.05, 3.63) is 36.5 Å². The van der Waals surface area contributed by atoms with Crippen LogP contribution < -0.4 is 5.73 Å². The van der Waals surface area contributed by atoms with Gasteiger partial charge in [-0.15, -0.1) is 0 Å². The van der Waals surface area contributed by atoms with Crippen LogP contribution in [0.15, 0.2) is 36.5 Å². The zero-order valence-electron chi connectivity index (χ0n) is 24.5. The van der Waals surface area contributed by atoms with E-state index in [9.17, 15) is 24.3 Å². The van der Waals surface area contributed by atoms with Crippen molar-refractivity contribution in [2.45, 2.75) is 95.1 Å². The van der Waals surface area contributed by atoms with Crippen LogP contribution in [0, 0.1) is 22.7 Å². The summed E-state index contributed by atoms with van der Waals surface area (Å²) in [5, 5.41) is 11.6. The van der Waals surface area contributed by atoms with Gasteiger partial charge in [-0.2, -0.15) is 0 Å². The molecule has 1 heterocycles. The number of ether oxygens (including phenoxy) is 4. The molecular weight excluding hydrogens is 549 g/mol. The number of ketones is 2. The molecule has 1 unspecified atom stereocenters. The van der Waals surface area contributed by atoms with E-state index < -0.39 is 88.7 Å². The third-order valence-corrected chi connectivity index (χ3v) is 10.4. The molecule has 0 radical (unpaired) electrons. The number of nitrogens with two attached hydrogens (primary N) is 1. The summed E-state index contributed by atoms with van der Waals surface area (Å²) < 4.78 is 40.3. The number of rotatable bonds is 8. The van der Waals surface area contributed by atoms with Crippen LogP contribution in [0.4, 0.5) is 4.39 Å². The number of fused-ring (bicyclic) bond motifs is 7. The number of Topliss-reactive ketones (excluding diaryl/α,β-unsaturated/α-hetero) is 1. The predicted octanol–water partition coefficient (Wildman–Crippen LogP) is 2.42. The first-order valence-corrected chi connectivity index (χ1v) is 14.4. The second kappa shape index (κ2) is 10.2. The van der Waals surface area contributed by atoms with Gasteiger partial charge in [0.2, 0.25) is 5.78 Å². The summed E-state index contributed by atoms with van der Waals surface area (Å²) >= 11 is 0. The SMILES string of the molecule is C=CCOC(=O)C(N)CC(=O)OCC(=O)[C@@]12OC(C)(C)O[C@@H]1C[C@H]1[C@@H]3CC=C4CC(=O)C=C[C@]4(C)[C@@]3(F)[C@@H](O)C[C@@]12C. The molecule has 0 bridgehead atoms. The lowest BCUT2D eigenvalue weighted by Gasteiger charge is -2.62. The molecule has 42 heavy (non-hydrogen) atoms. The van der Waals surface area contributed by atoms with Crippen molar-refractivity contribution in [1.29, 1.82) is 0 Å². The lowest BCUT2D eigenvalue weighted by molar-refractivity contribution is -0.243. The first kappa shape index (κ1) is 30.7. The second-order valence-electron chi connectivity index (χ2n) is 13.2. The third kappa shape index (κ3) is 4.26. The molecule has 1 saturated heterocycles. The van der Waals surface area contributed by atoms with Crippen LogP contribution in [0.1, 0.15) is 59.8 Å². The molecular formula is C31H40FNO9. The standard InChI is InChI=1S/C31H40FNO9/c1-6-11-39-26(38)21(33)14-25(37)40-16-23(36)31-24(41-27(2,3)42-31)13-20-19-8-7-17-12-18(34)9-10-28(17,4)30(19,32)22(35)15-29(20,31)5/h6-7,9-10,19-22,24,35H,1,8,11-16,33H2,2-5H3/t19-,20-,21?,22-,24+,28-,29-,30-,31+/m0/s1. The monoisotopic (exact) mass is 589 g/mol. The number of carbonyl (C=O) groups is 4. The van der Waals surface area contributed by atoms with E-state index in [2.05, 4.69) is 6.58 Å². The number of halogens is 1. The Hall–Kier alpha value is -2.73. The molecule has 0 aromatic carbocycles. The van der Waals surface area contributed by atoms with E-state index in [0.29, 0.717) is 12.0 Å². The molecule has 5 aliphatic rings. The van der Waals surface area contributed by atoms with Crippen LogP contribution in [0.5, 0.6) is 0 Å². The number of aliphatic hydroxyl groups excluding tert-OH is 1. The molecule has 0 aromatic heterocycles. The Kier molecular flexibility index (Phi) is 7.44. The van der Waals surface area contributed by atoms with Gasteiger partial charge < -0.3 is 29.8 Å². The van der Waals surface area contributed by atoms with E-state index >= 15 is 4.39 Å². The number of aliphatic hydroxyl groups is 1. The summed E-state index contributed by atoms with van der Waals surface area (Å²) in [4.78, 5) is 50.7. The molecule has 3 N–H and O–H groups in total. The summed E-state index contributed by atoms with van der Waals surface area (Å²) in [6.45, 7) is 9.60. The number of allylic oxidation sites excluding steroid dienone is 4. The first-order valence-electron chi connectivity index (χ1n) is 14.4. The highest BCUT2D eigenvalue weighted by Crippen LogP contribution is 2.71. The normalized spacial score (nSPS) is 41.9. The van der Waals surface area contributed by atoms with Gasteiger partial charge in [0.05, 0.1) is 18.6 Å². The molecule has 10 nitrogen and oxygen atoms in total. The smallest absolute Gasteiger partial charge is 0.323 e. The van der Waals surface area contributed by atoms with Crippen molar-refractivity contribution >= 4 is 23.5 Å². The molecule has 4 aliphatic carbocycles. The van der Waals surface area contributed by atoms with Gasteiger partial charge in [-0.3, -0.25) is 19.2 Å². The summed E-state index contributed by atoms with van der Waals surface area (Å²) in [5.41, 5.74) is 0.436. The quantitative estimate of drug-likeness (QED) is 0.319. The summed E-state index contributed by atoms with van der Waals surface area (Å²) in [6.07, 6.45) is 4.06. The van der Waals surface area contributed by atoms with Crippen LogP contribution in [0.3, 0.4) is 0 Å². The molecule has 1 aliphatic heterocycles. The molecule has 0 amide bonds. The van der Waals surface area contributed by atoms with E-state index in [-0.39, 0.29) is 31.7 Å². The Morgan fingerprint density at radius 2 is 1.95 bits per heavy atom. The average Bonchev–Trinajstić information content (AvgIpc) is 3.32. The van der Waals surface area contributed by atoms with Gasteiger partial charge >= 0.3 is 11.9 Å². The average molecular weight is 590 g/mol. The highest BCUT2D eigenvalue weighted by Gasteiger charge is 2.80. The molecule has 5 rings (SSSR count). The Labute approximate surface area is 244 Å². The van der Waals surface area contributed by atoms with Crippen molar-refractivity contribution < 1.29 is 47.6 Å². The maximum absolute atomic E-state index is 17.5. The molecule has 230 valence electrons. The maximum atomic E-state index is 17.5. The van der Waals surface area contributed by atoms with E-state index in [1.54, 1.807) is 26.8 Å². The van der Waals surface area contributed by atoms with Crippen molar-refractivity contribution in [2.75, 3.05) is 13.2 Å². The summed E-state index contributed by atoms with van der Waals surface area (Å²) in [5.74, 6) is -4.64. The van der Waals surface area contributed by atoms with E-state index in [4.69, 9.17) is 24.7 Å². The minimum atomic E-state index is -2.08. The zero-order chi connectivity index (χ0) is 30.9. The fourth-order valence-electron chi connectivity index (χ4n) is 8.54. The molecule has 11 heteroatoms. The Bertz CT molecular complexity index is 1280. The van der Waals surface area contributed by atoms with Crippen LogP contribution in [-0.2, 0) is 38.1 Å². The van der Waals surface area contributed by atoms with Crippen molar-refractivity contribution in [3.63, 3.8) is 0 Å². The van der Waals surface area contributed by atoms with Gasteiger partial charge in [0.25, 0.3) is 0 Å². The molecule has 0 aromatic rings. The second-order valence-corrected chi connectivity index (χ2v) is 13.2. The van der Waals surface area contributed by atoms with Gasteiger partial charge in [0.15, 0.2) is 29.4 Å². The van der Waals surface area contributed by atoms with Crippen LogP contribution in [-0.4, -0.2) is 77.1 Å². The largest absolute Gasteiger partial charge is 0.460 e. The van der Waals surface area contributed by atoms with Crippen LogP contribution in [0.2, 0.25) is 0 Å². The molecule has 3 fully saturated rings. The van der Waals surface area contributed by atoms with Gasteiger partial charge in [-0.25, -0.2) is 4.39 Å². The van der Waals surface area contributed by atoms with Gasteiger partial charge in [-0.1, -0.05) is 37.3 Å². The Morgan fingerprint density at radius 3 is 2.64 bits per heavy atom. The van der Waals surface area contributed by atoms with E-state index in [1.165, 1.54) is 12.2 Å². The molecule has 9 atom stereocenters.